The molecule has 0 aliphatic heterocycles. The maximum atomic E-state index is 4.41. The lowest BCUT2D eigenvalue weighted by Gasteiger charge is -2.05. The second-order valence-electron chi connectivity index (χ2n) is 4.01. The van der Waals surface area contributed by atoms with Gasteiger partial charge in [0.15, 0.2) is 0 Å². The van der Waals surface area contributed by atoms with Crippen LogP contribution < -0.4 is 5.32 Å². The van der Waals surface area contributed by atoms with Crippen LogP contribution in [0.5, 0.6) is 0 Å². The van der Waals surface area contributed by atoms with Crippen LogP contribution in [-0.2, 0) is 6.42 Å². The minimum absolute atomic E-state index is 0.703. The van der Waals surface area contributed by atoms with Gasteiger partial charge in [-0.2, -0.15) is 0 Å². The Balaban J connectivity index is 1.89. The van der Waals surface area contributed by atoms with Crippen LogP contribution in [0.2, 0.25) is 0 Å². The van der Waals surface area contributed by atoms with E-state index in [1.54, 1.807) is 11.3 Å². The Morgan fingerprint density at radius 1 is 1.12 bits per heavy atom. The molecule has 0 unspecified atom stereocenters. The normalized spacial score (nSPS) is 10.5. The predicted octanol–water partition coefficient (Wildman–Crippen LogP) is 2.51. The summed E-state index contributed by atoms with van der Waals surface area (Å²) in [7, 11) is 0. The smallest absolute Gasteiger partial charge is 0.223 e. The quantitative estimate of drug-likeness (QED) is 0.903. The second-order valence-corrected chi connectivity index (χ2v) is 5.07. The summed E-state index contributed by atoms with van der Waals surface area (Å²) in [6, 6.07) is 1.97. The van der Waals surface area contributed by atoms with Crippen molar-refractivity contribution in [2.24, 2.45) is 0 Å². The van der Waals surface area contributed by atoms with E-state index in [0.717, 1.165) is 35.1 Å². The molecule has 4 nitrogen and oxygen atoms in total. The molecule has 0 amide bonds. The van der Waals surface area contributed by atoms with Gasteiger partial charge in [0.05, 0.1) is 10.7 Å². The highest BCUT2D eigenvalue weighted by atomic mass is 32.1. The zero-order valence-corrected chi connectivity index (χ0v) is 11.1. The Labute approximate surface area is 105 Å². The molecule has 2 aromatic heterocycles. The number of aromatic nitrogens is 3. The van der Waals surface area contributed by atoms with Crippen molar-refractivity contribution in [2.75, 3.05) is 11.9 Å². The van der Waals surface area contributed by atoms with Crippen molar-refractivity contribution in [1.29, 1.82) is 0 Å². The molecular formula is C12H16N4S. The van der Waals surface area contributed by atoms with Crippen LogP contribution in [0.4, 0.5) is 5.95 Å². The van der Waals surface area contributed by atoms with Gasteiger partial charge in [-0.3, -0.25) is 0 Å². The summed E-state index contributed by atoms with van der Waals surface area (Å²) in [4.78, 5) is 13.1. The van der Waals surface area contributed by atoms with Crippen molar-refractivity contribution in [3.05, 3.63) is 33.5 Å². The topological polar surface area (TPSA) is 50.7 Å². The Hall–Kier alpha value is -1.49. The van der Waals surface area contributed by atoms with Crippen LogP contribution in [0.1, 0.15) is 22.1 Å². The molecule has 0 aliphatic rings. The molecule has 0 spiro atoms. The van der Waals surface area contributed by atoms with Gasteiger partial charge in [0.25, 0.3) is 0 Å². The lowest BCUT2D eigenvalue weighted by molar-refractivity contribution is 0.935. The first kappa shape index (κ1) is 12.0. The van der Waals surface area contributed by atoms with E-state index in [4.69, 9.17) is 0 Å². The van der Waals surface area contributed by atoms with Crippen molar-refractivity contribution >= 4 is 17.3 Å². The van der Waals surface area contributed by atoms with Crippen LogP contribution in [0.15, 0.2) is 11.4 Å². The largest absolute Gasteiger partial charge is 0.354 e. The Morgan fingerprint density at radius 2 is 1.82 bits per heavy atom. The summed E-state index contributed by atoms with van der Waals surface area (Å²) in [5.41, 5.74) is 3.11. The minimum Gasteiger partial charge on any atom is -0.354 e. The number of aryl methyl sites for hydroxylation is 3. The Morgan fingerprint density at radius 3 is 2.41 bits per heavy atom. The fraction of sp³-hybridized carbons (Fsp3) is 0.417. The van der Waals surface area contributed by atoms with Crippen molar-refractivity contribution in [3.63, 3.8) is 0 Å². The van der Waals surface area contributed by atoms with Crippen LogP contribution in [0.3, 0.4) is 0 Å². The van der Waals surface area contributed by atoms with Crippen molar-refractivity contribution in [2.45, 2.75) is 27.2 Å². The maximum absolute atomic E-state index is 4.41. The van der Waals surface area contributed by atoms with E-state index in [-0.39, 0.29) is 0 Å². The van der Waals surface area contributed by atoms with Crippen molar-refractivity contribution < 1.29 is 0 Å². The number of nitrogens with one attached hydrogen (secondary N) is 1. The van der Waals surface area contributed by atoms with Crippen LogP contribution >= 0.6 is 11.3 Å². The van der Waals surface area contributed by atoms with Gasteiger partial charge in [-0.25, -0.2) is 15.0 Å². The van der Waals surface area contributed by atoms with Crippen molar-refractivity contribution in [3.8, 4) is 0 Å². The summed E-state index contributed by atoms with van der Waals surface area (Å²) in [6.45, 7) is 6.79. The highest BCUT2D eigenvalue weighted by Gasteiger charge is 2.01. The lowest BCUT2D eigenvalue weighted by Crippen LogP contribution is -2.09. The highest BCUT2D eigenvalue weighted by Crippen LogP contribution is 2.09. The van der Waals surface area contributed by atoms with Gasteiger partial charge in [0.1, 0.15) is 0 Å². The summed E-state index contributed by atoms with van der Waals surface area (Å²) in [5, 5.41) is 6.44. The fourth-order valence-electron chi connectivity index (χ4n) is 1.63. The van der Waals surface area contributed by atoms with Gasteiger partial charge >= 0.3 is 0 Å². The third-order valence-electron chi connectivity index (χ3n) is 2.31. The van der Waals surface area contributed by atoms with E-state index in [2.05, 4.69) is 25.6 Å². The van der Waals surface area contributed by atoms with Gasteiger partial charge in [-0.1, -0.05) is 0 Å². The molecule has 0 fully saturated rings. The van der Waals surface area contributed by atoms with Gasteiger partial charge in [0, 0.05) is 29.7 Å². The molecule has 2 aromatic rings. The molecule has 0 bridgehead atoms. The molecule has 17 heavy (non-hydrogen) atoms. The molecule has 0 aliphatic carbocycles. The molecule has 90 valence electrons. The molecule has 1 N–H and O–H groups in total. The molecule has 2 heterocycles. The first-order valence-electron chi connectivity index (χ1n) is 5.60. The molecule has 0 saturated heterocycles. The van der Waals surface area contributed by atoms with Gasteiger partial charge < -0.3 is 5.32 Å². The number of nitrogens with zero attached hydrogens (tertiary/aromatic N) is 3. The standard InChI is InChI=1S/C12H16N4S/c1-8-6-9(2)15-12(14-8)13-5-4-11-7-17-10(3)16-11/h6-7H,4-5H2,1-3H3,(H,13,14,15). The predicted molar refractivity (Wildman–Crippen MR) is 70.6 cm³/mol. The van der Waals surface area contributed by atoms with E-state index in [1.807, 2.05) is 26.8 Å². The van der Waals surface area contributed by atoms with E-state index in [1.165, 1.54) is 0 Å². The zero-order chi connectivity index (χ0) is 12.3. The molecule has 0 atom stereocenters. The number of anilines is 1. The summed E-state index contributed by atoms with van der Waals surface area (Å²) < 4.78 is 0. The first-order valence-corrected chi connectivity index (χ1v) is 6.48. The van der Waals surface area contributed by atoms with Crippen LogP contribution in [0, 0.1) is 20.8 Å². The van der Waals surface area contributed by atoms with Crippen molar-refractivity contribution in [1.82, 2.24) is 15.0 Å². The summed E-state index contributed by atoms with van der Waals surface area (Å²) in [5.74, 6) is 0.703. The average Bonchev–Trinajstić information content (AvgIpc) is 2.63. The SMILES string of the molecule is Cc1cc(C)nc(NCCc2csc(C)n2)n1. The Kier molecular flexibility index (Phi) is 3.68. The number of rotatable bonds is 4. The van der Waals surface area contributed by atoms with E-state index < -0.39 is 0 Å². The first-order chi connectivity index (χ1) is 8.13. The molecule has 2 rings (SSSR count). The maximum Gasteiger partial charge on any atom is 0.223 e. The minimum atomic E-state index is 0.703. The molecule has 0 saturated carbocycles. The molecule has 5 heteroatoms. The molecule has 0 aromatic carbocycles. The summed E-state index contributed by atoms with van der Waals surface area (Å²) in [6.07, 6.45) is 0.903. The summed E-state index contributed by atoms with van der Waals surface area (Å²) >= 11 is 1.69. The molecule has 0 radical (unpaired) electrons. The van der Waals surface area contributed by atoms with E-state index >= 15 is 0 Å². The van der Waals surface area contributed by atoms with E-state index in [0.29, 0.717) is 5.95 Å². The number of thiazole rings is 1. The lowest BCUT2D eigenvalue weighted by atomic mass is 10.3. The third kappa shape index (κ3) is 3.49. The highest BCUT2D eigenvalue weighted by molar-refractivity contribution is 7.09. The number of hydrogen-bond acceptors (Lipinski definition) is 5. The Bertz CT molecular complexity index is 487. The third-order valence-corrected chi connectivity index (χ3v) is 3.14. The molecular weight excluding hydrogens is 232 g/mol. The van der Waals surface area contributed by atoms with Gasteiger partial charge in [0.2, 0.25) is 5.95 Å². The van der Waals surface area contributed by atoms with Crippen LogP contribution in [-0.4, -0.2) is 21.5 Å². The van der Waals surface area contributed by atoms with Gasteiger partial charge in [-0.05, 0) is 26.8 Å². The zero-order valence-electron chi connectivity index (χ0n) is 10.3. The van der Waals surface area contributed by atoms with E-state index in [9.17, 15) is 0 Å². The monoisotopic (exact) mass is 248 g/mol. The fourth-order valence-corrected chi connectivity index (χ4v) is 2.28. The average molecular weight is 248 g/mol. The van der Waals surface area contributed by atoms with Gasteiger partial charge in [-0.15, -0.1) is 11.3 Å². The number of hydrogen-bond donors (Lipinski definition) is 1. The second kappa shape index (κ2) is 5.23. The van der Waals surface area contributed by atoms with Crippen LogP contribution in [0.25, 0.3) is 0 Å².